The van der Waals surface area contributed by atoms with Gasteiger partial charge >= 0.3 is 0 Å². The first-order valence-corrected chi connectivity index (χ1v) is 13.7. The fourth-order valence-electron chi connectivity index (χ4n) is 3.40. The van der Waals surface area contributed by atoms with Crippen molar-refractivity contribution < 1.29 is 26.0 Å². The molecule has 0 saturated carbocycles. The van der Waals surface area contributed by atoms with Gasteiger partial charge in [-0.25, -0.2) is 21.2 Å². The third-order valence-electron chi connectivity index (χ3n) is 4.87. The van der Waals surface area contributed by atoms with Gasteiger partial charge in [0.2, 0.25) is 0 Å². The quantitative estimate of drug-likeness (QED) is 0.366. The maximum absolute atomic E-state index is 14.8. The fraction of sp³-hybridized carbons (Fsp3) is 0.0870. The van der Waals surface area contributed by atoms with Crippen molar-refractivity contribution in [3.8, 4) is 22.6 Å². The predicted molar refractivity (Wildman–Crippen MR) is 125 cm³/mol. The van der Waals surface area contributed by atoms with Gasteiger partial charge in [-0.3, -0.25) is 4.98 Å². The largest absolute Gasteiger partial charge is 0.457 e. The highest BCUT2D eigenvalue weighted by Gasteiger charge is 2.17. The summed E-state index contributed by atoms with van der Waals surface area (Å²) in [7, 11) is -7.07. The molecule has 0 N–H and O–H groups in total. The molecule has 0 radical (unpaired) electrons. The first-order chi connectivity index (χ1) is 15.4. The molecule has 1 aromatic heterocycles. The Bertz CT molecular complexity index is 1620. The molecular weight excluding hydrogens is 489 g/mol. The van der Waals surface area contributed by atoms with Crippen LogP contribution in [0.15, 0.2) is 76.7 Å². The minimum atomic E-state index is -3.55. The lowest BCUT2D eigenvalue weighted by molar-refractivity contribution is 0.479. The molecule has 0 aliphatic carbocycles. The fourth-order valence-corrected chi connectivity index (χ4v) is 5.20. The van der Waals surface area contributed by atoms with Crippen LogP contribution in [-0.4, -0.2) is 34.3 Å². The molecule has 0 aliphatic heterocycles. The Hall–Kier alpha value is -3.01. The van der Waals surface area contributed by atoms with Crippen molar-refractivity contribution >= 4 is 42.2 Å². The molecule has 6 nitrogen and oxygen atoms in total. The van der Waals surface area contributed by atoms with Gasteiger partial charge in [0.1, 0.15) is 17.3 Å². The second-order valence-corrected chi connectivity index (χ2v) is 11.9. The number of hydrogen-bond acceptors (Lipinski definition) is 6. The third kappa shape index (κ3) is 4.85. The van der Waals surface area contributed by atoms with E-state index in [0.29, 0.717) is 10.9 Å². The summed E-state index contributed by atoms with van der Waals surface area (Å²) in [6, 6.07) is 14.4. The number of pyridine rings is 1. The topological polar surface area (TPSA) is 90.4 Å². The average molecular weight is 506 g/mol. The number of para-hydroxylation sites is 1. The van der Waals surface area contributed by atoms with Crippen molar-refractivity contribution in [1.29, 1.82) is 0 Å². The van der Waals surface area contributed by atoms with Crippen LogP contribution < -0.4 is 4.74 Å². The highest BCUT2D eigenvalue weighted by Crippen LogP contribution is 2.36. The standard InChI is InChI=1S/C23H17ClFNO5S2/c1-32(27,28)17-11-14(24)10-16(12-17)31-15-6-7-21(25)20(13-15)18-8-9-26-23-19(18)4-3-5-22(23)33(2,29)30/h3-13H,1-2H3. The normalized spacial score (nSPS) is 12.1. The Morgan fingerprint density at radius 2 is 1.61 bits per heavy atom. The van der Waals surface area contributed by atoms with E-state index in [-0.39, 0.29) is 37.4 Å². The van der Waals surface area contributed by atoms with Crippen LogP contribution in [0.2, 0.25) is 5.02 Å². The Balaban J connectivity index is 1.83. The maximum atomic E-state index is 14.8. The van der Waals surface area contributed by atoms with Gasteiger partial charge in [-0.1, -0.05) is 23.7 Å². The summed E-state index contributed by atoms with van der Waals surface area (Å²) in [5.74, 6) is -0.153. The smallest absolute Gasteiger partial charge is 0.177 e. The molecule has 0 spiro atoms. The van der Waals surface area contributed by atoms with Crippen LogP contribution in [0, 0.1) is 5.82 Å². The zero-order chi connectivity index (χ0) is 24.0. The lowest BCUT2D eigenvalue weighted by Crippen LogP contribution is -2.00. The maximum Gasteiger partial charge on any atom is 0.177 e. The third-order valence-corrected chi connectivity index (χ3v) is 7.31. The summed E-state index contributed by atoms with van der Waals surface area (Å²) >= 11 is 6.03. The molecule has 1 heterocycles. The van der Waals surface area contributed by atoms with Gasteiger partial charge in [0, 0.05) is 34.7 Å². The molecule has 0 amide bonds. The molecule has 170 valence electrons. The number of fused-ring (bicyclic) bond motifs is 1. The molecule has 4 aromatic rings. The van der Waals surface area contributed by atoms with Crippen LogP contribution in [-0.2, 0) is 19.7 Å². The first-order valence-electron chi connectivity index (χ1n) is 9.50. The average Bonchev–Trinajstić information content (AvgIpc) is 2.72. The highest BCUT2D eigenvalue weighted by molar-refractivity contribution is 7.91. The van der Waals surface area contributed by atoms with Crippen LogP contribution in [0.4, 0.5) is 4.39 Å². The van der Waals surface area contributed by atoms with Crippen molar-refractivity contribution in [2.75, 3.05) is 12.5 Å². The van der Waals surface area contributed by atoms with Crippen LogP contribution in [0.1, 0.15) is 0 Å². The van der Waals surface area contributed by atoms with Crippen molar-refractivity contribution in [2.24, 2.45) is 0 Å². The van der Waals surface area contributed by atoms with Crippen molar-refractivity contribution in [3.05, 3.63) is 77.7 Å². The molecular formula is C23H17ClFNO5S2. The van der Waals surface area contributed by atoms with E-state index in [1.165, 1.54) is 48.7 Å². The van der Waals surface area contributed by atoms with E-state index < -0.39 is 25.5 Å². The molecule has 0 unspecified atom stereocenters. The van der Waals surface area contributed by atoms with Gasteiger partial charge in [-0.15, -0.1) is 0 Å². The van der Waals surface area contributed by atoms with Gasteiger partial charge in [-0.2, -0.15) is 0 Å². The van der Waals surface area contributed by atoms with Gasteiger partial charge in [-0.05, 0) is 54.1 Å². The van der Waals surface area contributed by atoms with Gasteiger partial charge in [0.25, 0.3) is 0 Å². The lowest BCUT2D eigenvalue weighted by Gasteiger charge is -2.13. The summed E-state index contributed by atoms with van der Waals surface area (Å²) in [4.78, 5) is 4.22. The van der Waals surface area contributed by atoms with E-state index in [2.05, 4.69) is 4.98 Å². The number of benzene rings is 3. The molecule has 0 bridgehead atoms. The van der Waals surface area contributed by atoms with E-state index in [9.17, 15) is 21.2 Å². The summed E-state index contributed by atoms with van der Waals surface area (Å²) in [6.07, 6.45) is 3.55. The summed E-state index contributed by atoms with van der Waals surface area (Å²) in [6.45, 7) is 0. The second-order valence-electron chi connectivity index (χ2n) is 7.42. The first kappa shape index (κ1) is 23.2. The van der Waals surface area contributed by atoms with Crippen molar-refractivity contribution in [3.63, 3.8) is 0 Å². The summed E-state index contributed by atoms with van der Waals surface area (Å²) < 4.78 is 68.7. The zero-order valence-corrected chi connectivity index (χ0v) is 19.8. The molecule has 3 aromatic carbocycles. The number of aromatic nitrogens is 1. The Labute approximate surface area is 195 Å². The zero-order valence-electron chi connectivity index (χ0n) is 17.4. The van der Waals surface area contributed by atoms with E-state index in [4.69, 9.17) is 16.3 Å². The van der Waals surface area contributed by atoms with Crippen molar-refractivity contribution in [2.45, 2.75) is 9.79 Å². The SMILES string of the molecule is CS(=O)(=O)c1cc(Cl)cc(Oc2ccc(F)c(-c3ccnc4c(S(C)(=O)=O)cccc34)c2)c1. The molecule has 33 heavy (non-hydrogen) atoms. The molecule has 10 heteroatoms. The van der Waals surface area contributed by atoms with Crippen molar-refractivity contribution in [1.82, 2.24) is 4.98 Å². The molecule has 4 rings (SSSR count). The molecule has 0 atom stereocenters. The van der Waals surface area contributed by atoms with Gasteiger partial charge in [0.15, 0.2) is 19.7 Å². The summed E-state index contributed by atoms with van der Waals surface area (Å²) in [5.41, 5.74) is 0.822. The van der Waals surface area contributed by atoms with E-state index >= 15 is 0 Å². The molecule has 0 saturated heterocycles. The number of rotatable bonds is 5. The van der Waals surface area contributed by atoms with Crippen LogP contribution in [0.25, 0.3) is 22.0 Å². The number of halogens is 2. The monoisotopic (exact) mass is 505 g/mol. The van der Waals surface area contributed by atoms with Gasteiger partial charge in [0.05, 0.1) is 15.3 Å². The van der Waals surface area contributed by atoms with Crippen LogP contribution >= 0.6 is 11.6 Å². The number of sulfone groups is 2. The second kappa shape index (κ2) is 8.40. The predicted octanol–water partition coefficient (Wildman–Crippen LogP) is 5.29. The minimum Gasteiger partial charge on any atom is -0.457 e. The van der Waals surface area contributed by atoms with Crippen LogP contribution in [0.3, 0.4) is 0 Å². The number of nitrogens with zero attached hydrogens (tertiary/aromatic N) is 1. The number of hydrogen-bond donors (Lipinski definition) is 0. The molecule has 0 fully saturated rings. The minimum absolute atomic E-state index is 0.0132. The van der Waals surface area contributed by atoms with E-state index in [1.54, 1.807) is 18.2 Å². The van der Waals surface area contributed by atoms with Crippen LogP contribution in [0.5, 0.6) is 11.5 Å². The lowest BCUT2D eigenvalue weighted by atomic mass is 10.0. The van der Waals surface area contributed by atoms with E-state index in [0.717, 1.165) is 12.5 Å². The Kier molecular flexibility index (Phi) is 5.90. The molecule has 0 aliphatic rings. The highest BCUT2D eigenvalue weighted by atomic mass is 35.5. The Morgan fingerprint density at radius 1 is 0.848 bits per heavy atom. The Morgan fingerprint density at radius 3 is 2.30 bits per heavy atom. The van der Waals surface area contributed by atoms with Gasteiger partial charge < -0.3 is 4.74 Å². The number of ether oxygens (including phenoxy) is 1. The summed E-state index contributed by atoms with van der Waals surface area (Å²) in [5, 5.41) is 0.627. The van der Waals surface area contributed by atoms with E-state index in [1.807, 2.05) is 0 Å².